The van der Waals surface area contributed by atoms with Gasteiger partial charge in [-0.2, -0.15) is 0 Å². The van der Waals surface area contributed by atoms with Gasteiger partial charge in [0.15, 0.2) is 0 Å². The Hall–Kier alpha value is -2.14. The molecule has 1 amide bonds. The number of benzene rings is 1. The number of piperidine rings is 1. The van der Waals surface area contributed by atoms with Crippen molar-refractivity contribution in [3.63, 3.8) is 0 Å². The summed E-state index contributed by atoms with van der Waals surface area (Å²) in [6, 6.07) is 7.16. The summed E-state index contributed by atoms with van der Waals surface area (Å²) < 4.78 is 0. The second kappa shape index (κ2) is 6.54. The van der Waals surface area contributed by atoms with Gasteiger partial charge in [0.25, 0.3) is 0 Å². The molecule has 5 heteroatoms. The van der Waals surface area contributed by atoms with Crippen LogP contribution in [0.25, 0.3) is 6.08 Å². The third kappa shape index (κ3) is 4.16. The summed E-state index contributed by atoms with van der Waals surface area (Å²) in [7, 11) is 0. The molecule has 0 spiro atoms. The van der Waals surface area contributed by atoms with Gasteiger partial charge in [-0.15, -0.1) is 0 Å². The molecule has 1 aliphatic heterocycles. The Morgan fingerprint density at radius 2 is 2.05 bits per heavy atom. The van der Waals surface area contributed by atoms with Crippen molar-refractivity contribution in [3.8, 4) is 0 Å². The van der Waals surface area contributed by atoms with E-state index < -0.39 is 5.97 Å². The van der Waals surface area contributed by atoms with Crippen LogP contribution in [0.3, 0.4) is 0 Å². The first-order chi connectivity index (χ1) is 9.99. The highest BCUT2D eigenvalue weighted by Gasteiger charge is 2.34. The Morgan fingerprint density at radius 1 is 1.33 bits per heavy atom. The van der Waals surface area contributed by atoms with Crippen LogP contribution in [0.2, 0.25) is 0 Å². The lowest BCUT2D eigenvalue weighted by molar-refractivity contribution is -0.131. The second-order valence-electron chi connectivity index (χ2n) is 5.56. The van der Waals surface area contributed by atoms with E-state index in [1.807, 2.05) is 6.92 Å². The van der Waals surface area contributed by atoms with Crippen molar-refractivity contribution in [1.29, 1.82) is 0 Å². The Balaban J connectivity index is 2.07. The number of carboxylic acids is 1. The molecular formula is C16H20N2O3. The highest BCUT2D eigenvalue weighted by molar-refractivity contribution is 5.95. The van der Waals surface area contributed by atoms with Crippen molar-refractivity contribution in [2.75, 3.05) is 18.4 Å². The summed E-state index contributed by atoms with van der Waals surface area (Å²) in [5.41, 5.74) is 1.08. The quantitative estimate of drug-likeness (QED) is 0.741. The molecule has 112 valence electrons. The molecule has 5 nitrogen and oxygen atoms in total. The molecule has 1 aromatic carbocycles. The van der Waals surface area contributed by atoms with Crippen molar-refractivity contribution in [3.05, 3.63) is 35.9 Å². The summed E-state index contributed by atoms with van der Waals surface area (Å²) in [6.45, 7) is 3.69. The molecule has 0 atom stereocenters. The molecule has 0 bridgehead atoms. The van der Waals surface area contributed by atoms with Crippen molar-refractivity contribution in [2.24, 2.45) is 5.41 Å². The predicted octanol–water partition coefficient (Wildman–Crippen LogP) is 2.11. The number of hydrogen-bond donors (Lipinski definition) is 3. The van der Waals surface area contributed by atoms with E-state index in [1.165, 1.54) is 6.08 Å². The monoisotopic (exact) mass is 288 g/mol. The number of rotatable bonds is 4. The van der Waals surface area contributed by atoms with Crippen molar-refractivity contribution >= 4 is 23.6 Å². The Kier molecular flexibility index (Phi) is 4.75. The Labute approximate surface area is 124 Å². The summed E-state index contributed by atoms with van der Waals surface area (Å²) in [5, 5.41) is 14.8. The van der Waals surface area contributed by atoms with Crippen LogP contribution in [0.4, 0.5) is 5.69 Å². The highest BCUT2D eigenvalue weighted by atomic mass is 16.4. The number of carbonyl (C=O) groups excluding carboxylic acids is 1. The lowest BCUT2D eigenvalue weighted by Gasteiger charge is -2.32. The van der Waals surface area contributed by atoms with E-state index in [2.05, 4.69) is 10.6 Å². The normalized spacial score (nSPS) is 17.6. The molecule has 0 unspecified atom stereocenters. The van der Waals surface area contributed by atoms with Crippen molar-refractivity contribution < 1.29 is 14.7 Å². The van der Waals surface area contributed by atoms with Gasteiger partial charge in [0.2, 0.25) is 5.91 Å². The summed E-state index contributed by atoms with van der Waals surface area (Å²) in [6.07, 6.45) is 4.22. The number of aliphatic carboxylic acids is 1. The topological polar surface area (TPSA) is 78.4 Å². The Bertz CT molecular complexity index is 560. The van der Waals surface area contributed by atoms with Gasteiger partial charge in [0, 0.05) is 17.2 Å². The van der Waals surface area contributed by atoms with E-state index in [0.717, 1.165) is 37.6 Å². The third-order valence-electron chi connectivity index (χ3n) is 3.82. The number of anilines is 1. The fourth-order valence-corrected chi connectivity index (χ4v) is 2.38. The molecule has 0 saturated carbocycles. The molecule has 1 heterocycles. The minimum Gasteiger partial charge on any atom is -0.478 e. The number of nitrogens with one attached hydrogen (secondary N) is 2. The maximum absolute atomic E-state index is 12.4. The van der Waals surface area contributed by atoms with Gasteiger partial charge in [-0.05, 0) is 49.7 Å². The van der Waals surface area contributed by atoms with Crippen LogP contribution in [-0.4, -0.2) is 30.1 Å². The molecule has 1 fully saturated rings. The van der Waals surface area contributed by atoms with E-state index >= 15 is 0 Å². The van der Waals surface area contributed by atoms with Gasteiger partial charge in [-0.25, -0.2) is 4.79 Å². The van der Waals surface area contributed by atoms with E-state index in [4.69, 9.17) is 5.11 Å². The fraction of sp³-hybridized carbons (Fsp3) is 0.375. The maximum Gasteiger partial charge on any atom is 0.328 e. The zero-order chi connectivity index (χ0) is 15.3. The van der Waals surface area contributed by atoms with Gasteiger partial charge in [0.1, 0.15) is 0 Å². The number of amides is 1. The van der Waals surface area contributed by atoms with E-state index in [0.29, 0.717) is 5.69 Å². The van der Waals surface area contributed by atoms with Crippen LogP contribution < -0.4 is 10.6 Å². The van der Waals surface area contributed by atoms with Crippen LogP contribution in [0.5, 0.6) is 0 Å². The first kappa shape index (κ1) is 15.3. The average molecular weight is 288 g/mol. The van der Waals surface area contributed by atoms with Gasteiger partial charge in [0.05, 0.1) is 0 Å². The molecule has 2 rings (SSSR count). The van der Waals surface area contributed by atoms with Gasteiger partial charge in [-0.3, -0.25) is 4.79 Å². The third-order valence-corrected chi connectivity index (χ3v) is 3.82. The largest absolute Gasteiger partial charge is 0.478 e. The van der Waals surface area contributed by atoms with E-state index in [9.17, 15) is 9.59 Å². The number of carbonyl (C=O) groups is 2. The standard InChI is InChI=1S/C16H20N2O3/c1-16(7-9-17-10-8-16)15(21)18-13-4-2-3-12(11-13)5-6-14(19)20/h2-6,11,17H,7-10H2,1H3,(H,18,21)(H,19,20)/b6-5+. The maximum atomic E-state index is 12.4. The summed E-state index contributed by atoms with van der Waals surface area (Å²) in [5.74, 6) is -0.977. The SMILES string of the molecule is CC1(C(=O)Nc2cccc(/C=C/C(=O)O)c2)CCNCC1. The zero-order valence-corrected chi connectivity index (χ0v) is 12.1. The molecule has 1 aromatic rings. The van der Waals surface area contributed by atoms with Crippen molar-refractivity contribution in [1.82, 2.24) is 5.32 Å². The molecule has 1 saturated heterocycles. The van der Waals surface area contributed by atoms with Crippen LogP contribution in [0, 0.1) is 5.41 Å². The van der Waals surface area contributed by atoms with Crippen molar-refractivity contribution in [2.45, 2.75) is 19.8 Å². The smallest absolute Gasteiger partial charge is 0.328 e. The molecule has 0 radical (unpaired) electrons. The first-order valence-corrected chi connectivity index (χ1v) is 7.03. The minimum atomic E-state index is -0.994. The van der Waals surface area contributed by atoms with Crippen LogP contribution in [0.15, 0.2) is 30.3 Å². The second-order valence-corrected chi connectivity index (χ2v) is 5.56. The van der Waals surface area contributed by atoms with Crippen LogP contribution in [-0.2, 0) is 9.59 Å². The molecular weight excluding hydrogens is 268 g/mol. The molecule has 0 aliphatic carbocycles. The molecule has 21 heavy (non-hydrogen) atoms. The lowest BCUT2D eigenvalue weighted by atomic mass is 9.80. The molecule has 1 aliphatic rings. The minimum absolute atomic E-state index is 0.0170. The van der Waals surface area contributed by atoms with E-state index in [1.54, 1.807) is 24.3 Å². The summed E-state index contributed by atoms with van der Waals surface area (Å²) in [4.78, 5) is 22.9. The van der Waals surface area contributed by atoms with Crippen LogP contribution in [0.1, 0.15) is 25.3 Å². The first-order valence-electron chi connectivity index (χ1n) is 7.03. The van der Waals surface area contributed by atoms with E-state index in [-0.39, 0.29) is 11.3 Å². The molecule has 3 N–H and O–H groups in total. The van der Waals surface area contributed by atoms with Crippen LogP contribution >= 0.6 is 0 Å². The van der Waals surface area contributed by atoms with Gasteiger partial charge < -0.3 is 15.7 Å². The lowest BCUT2D eigenvalue weighted by Crippen LogP contribution is -2.42. The zero-order valence-electron chi connectivity index (χ0n) is 12.1. The summed E-state index contributed by atoms with van der Waals surface area (Å²) >= 11 is 0. The van der Waals surface area contributed by atoms with Gasteiger partial charge in [-0.1, -0.05) is 19.1 Å². The number of carboxylic acid groups (broad SMARTS) is 1. The average Bonchev–Trinajstić information content (AvgIpc) is 2.46. The Morgan fingerprint density at radius 3 is 2.71 bits per heavy atom. The highest BCUT2D eigenvalue weighted by Crippen LogP contribution is 2.29. The van der Waals surface area contributed by atoms with Gasteiger partial charge >= 0.3 is 5.97 Å². The fourth-order valence-electron chi connectivity index (χ4n) is 2.38. The molecule has 0 aromatic heterocycles. The number of hydrogen-bond acceptors (Lipinski definition) is 3. The predicted molar refractivity (Wildman–Crippen MR) is 82.0 cm³/mol.